The first kappa shape index (κ1) is 17.3. The molecule has 6 nitrogen and oxygen atoms in total. The molecule has 124 valence electrons. The Hall–Kier alpha value is -2.02. The molecule has 0 radical (unpaired) electrons. The van der Waals surface area contributed by atoms with Gasteiger partial charge < -0.3 is 20.1 Å². The number of hydrogen-bond acceptors (Lipinski definition) is 4. The Morgan fingerprint density at radius 3 is 2.52 bits per heavy atom. The van der Waals surface area contributed by atoms with Gasteiger partial charge in [-0.3, -0.25) is 0 Å². The van der Waals surface area contributed by atoms with Gasteiger partial charge >= 0.3 is 12.0 Å². The van der Waals surface area contributed by atoms with Crippen molar-refractivity contribution in [2.24, 2.45) is 5.92 Å². The lowest BCUT2D eigenvalue weighted by Crippen LogP contribution is -2.47. The van der Waals surface area contributed by atoms with E-state index in [1.165, 1.54) is 7.11 Å². The van der Waals surface area contributed by atoms with Crippen LogP contribution < -0.4 is 15.4 Å². The number of nitrogens with one attached hydrogen (secondary N) is 2. The molecule has 1 aromatic rings. The molecular weight excluding hydrogens is 364 g/mol. The smallest absolute Gasteiger partial charge is 0.337 e. The Labute approximate surface area is 143 Å². The van der Waals surface area contributed by atoms with Gasteiger partial charge in [0, 0.05) is 5.70 Å². The van der Waals surface area contributed by atoms with Crippen LogP contribution in [-0.4, -0.2) is 26.2 Å². The minimum Gasteiger partial charge on any atom is -0.496 e. The van der Waals surface area contributed by atoms with E-state index in [1.807, 2.05) is 19.9 Å². The number of ether oxygens (including phenoxy) is 2. The Kier molecular flexibility index (Phi) is 5.30. The van der Waals surface area contributed by atoms with Crippen LogP contribution in [0.2, 0.25) is 0 Å². The van der Waals surface area contributed by atoms with Crippen LogP contribution in [0.4, 0.5) is 4.79 Å². The highest BCUT2D eigenvalue weighted by atomic mass is 79.9. The van der Waals surface area contributed by atoms with Gasteiger partial charge in [0.25, 0.3) is 0 Å². The van der Waals surface area contributed by atoms with E-state index in [1.54, 1.807) is 19.2 Å². The Balaban J connectivity index is 2.57. The van der Waals surface area contributed by atoms with Crippen molar-refractivity contribution in [3.63, 3.8) is 0 Å². The molecule has 0 fully saturated rings. The van der Waals surface area contributed by atoms with Gasteiger partial charge in [-0.2, -0.15) is 0 Å². The molecule has 2 N–H and O–H groups in total. The molecule has 7 heteroatoms. The van der Waals surface area contributed by atoms with Crippen LogP contribution in [0.25, 0.3) is 0 Å². The van der Waals surface area contributed by atoms with Gasteiger partial charge in [0.1, 0.15) is 5.75 Å². The number of amides is 2. The summed E-state index contributed by atoms with van der Waals surface area (Å²) in [7, 11) is 2.90. The summed E-state index contributed by atoms with van der Waals surface area (Å²) in [6.45, 7) is 3.82. The molecule has 1 atom stereocenters. The lowest BCUT2D eigenvalue weighted by atomic mass is 9.91. The van der Waals surface area contributed by atoms with Crippen molar-refractivity contribution < 1.29 is 19.1 Å². The maximum absolute atomic E-state index is 12.3. The molecular formula is C16H19BrN2O4. The predicted octanol–water partition coefficient (Wildman–Crippen LogP) is 2.89. The Morgan fingerprint density at radius 1 is 1.30 bits per heavy atom. The predicted molar refractivity (Wildman–Crippen MR) is 89.0 cm³/mol. The van der Waals surface area contributed by atoms with Gasteiger partial charge in [0.05, 0.1) is 30.3 Å². The van der Waals surface area contributed by atoms with Crippen molar-refractivity contribution in [1.82, 2.24) is 10.6 Å². The van der Waals surface area contributed by atoms with E-state index in [0.29, 0.717) is 17.0 Å². The molecule has 1 unspecified atom stereocenters. The highest BCUT2D eigenvalue weighted by molar-refractivity contribution is 9.10. The molecule has 1 aromatic carbocycles. The van der Waals surface area contributed by atoms with Crippen LogP contribution in [-0.2, 0) is 9.53 Å². The SMILES string of the molecule is COC(=O)C1=C(C(C)C)NC(=O)NC1c1ccc(OC)c(Br)c1. The van der Waals surface area contributed by atoms with Crippen LogP contribution in [0.1, 0.15) is 25.5 Å². The number of methoxy groups -OCH3 is 2. The lowest BCUT2D eigenvalue weighted by molar-refractivity contribution is -0.136. The number of carbonyl (C=O) groups is 2. The average molecular weight is 383 g/mol. The number of allylic oxidation sites excluding steroid dienone is 1. The number of esters is 1. The maximum Gasteiger partial charge on any atom is 0.337 e. The molecule has 1 heterocycles. The number of urea groups is 1. The summed E-state index contributed by atoms with van der Waals surface area (Å²) in [5.41, 5.74) is 1.72. The normalized spacial score (nSPS) is 17.7. The quantitative estimate of drug-likeness (QED) is 0.784. The van der Waals surface area contributed by atoms with Crippen molar-refractivity contribution >= 4 is 27.9 Å². The van der Waals surface area contributed by atoms with Gasteiger partial charge in [-0.1, -0.05) is 19.9 Å². The first-order valence-corrected chi connectivity index (χ1v) is 7.91. The summed E-state index contributed by atoms with van der Waals surface area (Å²) in [4.78, 5) is 24.3. The van der Waals surface area contributed by atoms with Gasteiger partial charge in [-0.05, 0) is 39.5 Å². The molecule has 0 saturated heterocycles. The van der Waals surface area contributed by atoms with Crippen molar-refractivity contribution in [3.05, 3.63) is 39.5 Å². The molecule has 0 aromatic heterocycles. The summed E-state index contributed by atoms with van der Waals surface area (Å²) in [6.07, 6.45) is 0. The molecule has 0 aliphatic carbocycles. The molecule has 0 spiro atoms. The fourth-order valence-electron chi connectivity index (χ4n) is 2.49. The van der Waals surface area contributed by atoms with Crippen LogP contribution in [0.5, 0.6) is 5.75 Å². The molecule has 2 amide bonds. The number of halogens is 1. The summed E-state index contributed by atoms with van der Waals surface area (Å²) in [5, 5.41) is 5.49. The molecule has 1 aliphatic rings. The molecule has 0 bridgehead atoms. The monoisotopic (exact) mass is 382 g/mol. The van der Waals surface area contributed by atoms with Gasteiger partial charge in [0.2, 0.25) is 0 Å². The van der Waals surface area contributed by atoms with E-state index < -0.39 is 12.0 Å². The largest absolute Gasteiger partial charge is 0.496 e. The summed E-state index contributed by atoms with van der Waals surface area (Å²) < 4.78 is 10.9. The van der Waals surface area contributed by atoms with E-state index in [2.05, 4.69) is 26.6 Å². The van der Waals surface area contributed by atoms with Crippen molar-refractivity contribution in [2.45, 2.75) is 19.9 Å². The van der Waals surface area contributed by atoms with Crippen LogP contribution >= 0.6 is 15.9 Å². The van der Waals surface area contributed by atoms with Crippen molar-refractivity contribution in [1.29, 1.82) is 0 Å². The third-order valence-corrected chi connectivity index (χ3v) is 4.21. The van der Waals surface area contributed by atoms with Crippen LogP contribution in [0, 0.1) is 5.92 Å². The first-order valence-electron chi connectivity index (χ1n) is 7.12. The minimum atomic E-state index is -0.587. The van der Waals surface area contributed by atoms with E-state index in [9.17, 15) is 9.59 Å². The van der Waals surface area contributed by atoms with E-state index in [4.69, 9.17) is 9.47 Å². The second kappa shape index (κ2) is 7.04. The molecule has 23 heavy (non-hydrogen) atoms. The fraction of sp³-hybridized carbons (Fsp3) is 0.375. The third kappa shape index (κ3) is 3.50. The highest BCUT2D eigenvalue weighted by Gasteiger charge is 2.34. The number of rotatable bonds is 4. The van der Waals surface area contributed by atoms with E-state index in [-0.39, 0.29) is 11.9 Å². The Morgan fingerprint density at radius 2 is 2.00 bits per heavy atom. The average Bonchev–Trinajstić information content (AvgIpc) is 2.53. The van der Waals surface area contributed by atoms with E-state index in [0.717, 1.165) is 10.0 Å². The number of benzene rings is 1. The van der Waals surface area contributed by atoms with Crippen LogP contribution in [0.15, 0.2) is 33.9 Å². The van der Waals surface area contributed by atoms with Gasteiger partial charge in [-0.25, -0.2) is 9.59 Å². The zero-order chi connectivity index (χ0) is 17.1. The summed E-state index contributed by atoms with van der Waals surface area (Å²) >= 11 is 3.42. The second-order valence-electron chi connectivity index (χ2n) is 5.40. The zero-order valence-corrected chi connectivity index (χ0v) is 15.0. The third-order valence-electron chi connectivity index (χ3n) is 3.59. The summed E-state index contributed by atoms with van der Waals surface area (Å²) in [5.74, 6) is 0.166. The first-order chi connectivity index (χ1) is 10.9. The van der Waals surface area contributed by atoms with E-state index >= 15 is 0 Å². The van der Waals surface area contributed by atoms with Gasteiger partial charge in [-0.15, -0.1) is 0 Å². The van der Waals surface area contributed by atoms with Crippen molar-refractivity contribution in [3.8, 4) is 5.75 Å². The molecule has 2 rings (SSSR count). The second-order valence-corrected chi connectivity index (χ2v) is 6.25. The Bertz CT molecular complexity index is 670. The minimum absolute atomic E-state index is 0.0284. The number of carbonyl (C=O) groups excluding carboxylic acids is 2. The standard InChI is InChI=1S/C16H19BrN2O4/c1-8(2)13-12(15(20)23-4)14(19-16(21)18-13)9-5-6-11(22-3)10(17)7-9/h5-8,14H,1-4H3,(H2,18,19,21). The number of hydrogen-bond donors (Lipinski definition) is 2. The highest BCUT2D eigenvalue weighted by Crippen LogP contribution is 2.34. The lowest BCUT2D eigenvalue weighted by Gasteiger charge is -2.30. The zero-order valence-electron chi connectivity index (χ0n) is 13.4. The molecule has 1 aliphatic heterocycles. The van der Waals surface area contributed by atoms with Gasteiger partial charge in [0.15, 0.2) is 0 Å². The van der Waals surface area contributed by atoms with Crippen molar-refractivity contribution in [2.75, 3.05) is 14.2 Å². The summed E-state index contributed by atoms with van der Waals surface area (Å²) in [6, 6.07) is 4.46. The maximum atomic E-state index is 12.3. The topological polar surface area (TPSA) is 76.7 Å². The van der Waals surface area contributed by atoms with Crippen LogP contribution in [0.3, 0.4) is 0 Å². The molecule has 0 saturated carbocycles. The fourth-order valence-corrected chi connectivity index (χ4v) is 3.05.